The van der Waals surface area contributed by atoms with Gasteiger partial charge in [-0.05, 0) is 23.8 Å². The number of nitrogens with zero attached hydrogens (tertiary/aromatic N) is 1. The van der Waals surface area contributed by atoms with Crippen LogP contribution in [0, 0.1) is 11.3 Å². The first kappa shape index (κ1) is 13.8. The van der Waals surface area contributed by atoms with E-state index in [0.717, 1.165) is 11.1 Å². The van der Waals surface area contributed by atoms with Gasteiger partial charge in [0.2, 0.25) is 5.76 Å². The molecule has 0 aliphatic carbocycles. The fourth-order valence-corrected chi connectivity index (χ4v) is 1.84. The van der Waals surface area contributed by atoms with Crippen LogP contribution >= 0.6 is 0 Å². The predicted octanol–water partition coefficient (Wildman–Crippen LogP) is 2.23. The molecule has 0 amide bonds. The van der Waals surface area contributed by atoms with Crippen LogP contribution < -0.4 is 5.32 Å². The summed E-state index contributed by atoms with van der Waals surface area (Å²) >= 11 is 0. The molecule has 0 bridgehead atoms. The van der Waals surface area contributed by atoms with Gasteiger partial charge < -0.3 is 14.5 Å². The number of nitriles is 1. The van der Waals surface area contributed by atoms with Gasteiger partial charge >= 0.3 is 5.97 Å². The highest BCUT2D eigenvalue weighted by Crippen LogP contribution is 2.12. The Kier molecular flexibility index (Phi) is 4.53. The molecule has 5 nitrogen and oxygen atoms in total. The summed E-state index contributed by atoms with van der Waals surface area (Å²) in [5, 5.41) is 12.0. The summed E-state index contributed by atoms with van der Waals surface area (Å²) in [7, 11) is 1.31. The number of rotatable bonds is 5. The molecule has 0 aliphatic rings. The van der Waals surface area contributed by atoms with Crippen LogP contribution in [0.1, 0.15) is 27.2 Å². The lowest BCUT2D eigenvalue weighted by Gasteiger charge is -2.05. The van der Waals surface area contributed by atoms with E-state index < -0.39 is 5.97 Å². The molecule has 2 aromatic rings. The highest BCUT2D eigenvalue weighted by atomic mass is 16.5. The first-order valence-corrected chi connectivity index (χ1v) is 6.09. The van der Waals surface area contributed by atoms with Crippen LogP contribution in [0.2, 0.25) is 0 Å². The zero-order chi connectivity index (χ0) is 14.4. The van der Waals surface area contributed by atoms with E-state index in [9.17, 15) is 4.79 Å². The van der Waals surface area contributed by atoms with Crippen molar-refractivity contribution in [2.75, 3.05) is 7.11 Å². The van der Waals surface area contributed by atoms with E-state index in [4.69, 9.17) is 9.68 Å². The van der Waals surface area contributed by atoms with Gasteiger partial charge in [0.25, 0.3) is 0 Å². The van der Waals surface area contributed by atoms with Crippen molar-refractivity contribution in [3.8, 4) is 6.07 Å². The van der Waals surface area contributed by atoms with Gasteiger partial charge in [-0.25, -0.2) is 4.79 Å². The molecule has 2 rings (SSSR count). The van der Waals surface area contributed by atoms with Crippen LogP contribution in [0.25, 0.3) is 0 Å². The van der Waals surface area contributed by atoms with Crippen LogP contribution in [0.3, 0.4) is 0 Å². The number of carbonyl (C=O) groups is 1. The van der Waals surface area contributed by atoms with Gasteiger partial charge in [-0.3, -0.25) is 0 Å². The molecule has 20 heavy (non-hydrogen) atoms. The summed E-state index contributed by atoms with van der Waals surface area (Å²) in [6.07, 6.45) is 1.46. The average molecular weight is 270 g/mol. The molecule has 0 saturated carbocycles. The lowest BCUT2D eigenvalue weighted by atomic mass is 10.1. The average Bonchev–Trinajstić information content (AvgIpc) is 2.95. The van der Waals surface area contributed by atoms with E-state index in [1.165, 1.54) is 13.4 Å². The summed E-state index contributed by atoms with van der Waals surface area (Å²) in [4.78, 5) is 11.4. The molecule has 0 spiro atoms. The van der Waals surface area contributed by atoms with E-state index in [0.29, 0.717) is 18.7 Å². The standard InChI is InChI=1S/C15H14N2O3/c1-19-15(18)14-13(5-6-20-14)10-17-9-12-4-2-3-11(7-12)8-16/h2-7,17H,9-10H2,1H3. The smallest absolute Gasteiger partial charge is 0.374 e. The van der Waals surface area contributed by atoms with E-state index >= 15 is 0 Å². The minimum absolute atomic E-state index is 0.214. The van der Waals surface area contributed by atoms with Crippen molar-refractivity contribution in [1.82, 2.24) is 5.32 Å². The van der Waals surface area contributed by atoms with E-state index in [2.05, 4.69) is 16.1 Å². The number of methoxy groups -OCH3 is 1. The largest absolute Gasteiger partial charge is 0.463 e. The van der Waals surface area contributed by atoms with Crippen molar-refractivity contribution in [1.29, 1.82) is 5.26 Å². The highest BCUT2D eigenvalue weighted by molar-refractivity contribution is 5.87. The topological polar surface area (TPSA) is 75.3 Å². The number of nitrogens with one attached hydrogen (secondary N) is 1. The lowest BCUT2D eigenvalue weighted by Crippen LogP contribution is -2.14. The van der Waals surface area contributed by atoms with Crippen LogP contribution in [-0.2, 0) is 17.8 Å². The van der Waals surface area contributed by atoms with Gasteiger partial charge in [0.05, 0.1) is 25.0 Å². The normalized spacial score (nSPS) is 10.0. The monoisotopic (exact) mass is 270 g/mol. The zero-order valence-corrected chi connectivity index (χ0v) is 11.1. The molecule has 0 radical (unpaired) electrons. The van der Waals surface area contributed by atoms with E-state index in [1.807, 2.05) is 18.2 Å². The fraction of sp³-hybridized carbons (Fsp3) is 0.200. The van der Waals surface area contributed by atoms with Crippen LogP contribution in [0.4, 0.5) is 0 Å². The fourth-order valence-electron chi connectivity index (χ4n) is 1.84. The molecule has 0 atom stereocenters. The lowest BCUT2D eigenvalue weighted by molar-refractivity contribution is 0.0563. The van der Waals surface area contributed by atoms with Crippen molar-refractivity contribution in [2.24, 2.45) is 0 Å². The number of hydrogen-bond acceptors (Lipinski definition) is 5. The second kappa shape index (κ2) is 6.55. The molecule has 0 aliphatic heterocycles. The molecular weight excluding hydrogens is 256 g/mol. The quantitative estimate of drug-likeness (QED) is 0.843. The van der Waals surface area contributed by atoms with E-state index in [-0.39, 0.29) is 5.76 Å². The number of furan rings is 1. The van der Waals surface area contributed by atoms with Crippen molar-refractivity contribution < 1.29 is 13.9 Å². The van der Waals surface area contributed by atoms with Gasteiger partial charge in [0, 0.05) is 18.7 Å². The summed E-state index contributed by atoms with van der Waals surface area (Å²) in [5.74, 6) is -0.274. The van der Waals surface area contributed by atoms with E-state index in [1.54, 1.807) is 12.1 Å². The molecule has 102 valence electrons. The molecule has 1 N–H and O–H groups in total. The molecule has 0 fully saturated rings. The zero-order valence-electron chi connectivity index (χ0n) is 11.1. The first-order valence-electron chi connectivity index (χ1n) is 6.09. The molecule has 0 saturated heterocycles. The van der Waals surface area contributed by atoms with Crippen LogP contribution in [0.15, 0.2) is 41.0 Å². The molecule has 5 heteroatoms. The third-order valence-electron chi connectivity index (χ3n) is 2.82. The maximum absolute atomic E-state index is 11.4. The molecule has 1 aromatic heterocycles. The van der Waals surface area contributed by atoms with Crippen molar-refractivity contribution >= 4 is 5.97 Å². The maximum atomic E-state index is 11.4. The Morgan fingerprint density at radius 1 is 1.40 bits per heavy atom. The first-order chi connectivity index (χ1) is 9.74. The van der Waals surface area contributed by atoms with Crippen LogP contribution in [0.5, 0.6) is 0 Å². The Labute approximate surface area is 116 Å². The molecule has 1 heterocycles. The number of esters is 1. The summed E-state index contributed by atoms with van der Waals surface area (Å²) < 4.78 is 9.73. The van der Waals surface area contributed by atoms with Crippen molar-refractivity contribution in [3.05, 3.63) is 59.0 Å². The van der Waals surface area contributed by atoms with Gasteiger partial charge in [-0.2, -0.15) is 5.26 Å². The minimum Gasteiger partial charge on any atom is -0.463 e. The molecular formula is C15H14N2O3. The van der Waals surface area contributed by atoms with Gasteiger partial charge in [0.1, 0.15) is 0 Å². The van der Waals surface area contributed by atoms with Gasteiger partial charge in [0.15, 0.2) is 0 Å². The Morgan fingerprint density at radius 3 is 3.00 bits per heavy atom. The second-order valence-corrected chi connectivity index (χ2v) is 4.18. The van der Waals surface area contributed by atoms with Crippen molar-refractivity contribution in [3.63, 3.8) is 0 Å². The van der Waals surface area contributed by atoms with Crippen LogP contribution in [-0.4, -0.2) is 13.1 Å². The second-order valence-electron chi connectivity index (χ2n) is 4.18. The highest BCUT2D eigenvalue weighted by Gasteiger charge is 2.15. The minimum atomic E-state index is -0.488. The SMILES string of the molecule is COC(=O)c1occc1CNCc1cccc(C#N)c1. The third-order valence-corrected chi connectivity index (χ3v) is 2.82. The number of hydrogen-bond donors (Lipinski definition) is 1. The maximum Gasteiger partial charge on any atom is 0.374 e. The summed E-state index contributed by atoms with van der Waals surface area (Å²) in [5.41, 5.74) is 2.38. The Morgan fingerprint density at radius 2 is 2.25 bits per heavy atom. The Bertz CT molecular complexity index is 641. The van der Waals surface area contributed by atoms with Gasteiger partial charge in [-0.15, -0.1) is 0 Å². The Hall–Kier alpha value is -2.58. The summed E-state index contributed by atoms with van der Waals surface area (Å²) in [6.45, 7) is 1.08. The number of benzene rings is 1. The molecule has 1 aromatic carbocycles. The number of ether oxygens (including phenoxy) is 1. The predicted molar refractivity (Wildman–Crippen MR) is 71.7 cm³/mol. The van der Waals surface area contributed by atoms with Gasteiger partial charge in [-0.1, -0.05) is 12.1 Å². The van der Waals surface area contributed by atoms with Crippen molar-refractivity contribution in [2.45, 2.75) is 13.1 Å². The Balaban J connectivity index is 1.95. The molecule has 0 unspecified atom stereocenters. The third kappa shape index (κ3) is 3.25. The summed E-state index contributed by atoms with van der Waals surface area (Å²) in [6, 6.07) is 11.2. The number of carbonyl (C=O) groups excluding carboxylic acids is 1.